The lowest BCUT2D eigenvalue weighted by Gasteiger charge is -2.08. The summed E-state index contributed by atoms with van der Waals surface area (Å²) < 4.78 is 28.4. The van der Waals surface area contributed by atoms with E-state index >= 15 is 0 Å². The smallest absolute Gasteiger partial charge is 0.321 e. The van der Waals surface area contributed by atoms with E-state index in [1.165, 1.54) is 24.3 Å². The second kappa shape index (κ2) is 5.51. The predicted octanol–water partition coefficient (Wildman–Crippen LogP) is 2.07. The van der Waals surface area contributed by atoms with Gasteiger partial charge < -0.3 is 4.74 Å². The maximum atomic E-state index is 11.8. The van der Waals surface area contributed by atoms with Gasteiger partial charge in [0.1, 0.15) is 0 Å². The summed E-state index contributed by atoms with van der Waals surface area (Å²) in [6.07, 6.45) is -0.331. The van der Waals surface area contributed by atoms with E-state index in [9.17, 15) is 13.2 Å². The number of carbonyl (C=O) groups is 1. The molecule has 0 heterocycles. The van der Waals surface area contributed by atoms with Crippen molar-refractivity contribution in [3.8, 4) is 0 Å². The first-order chi connectivity index (χ1) is 7.81. The van der Waals surface area contributed by atoms with Gasteiger partial charge in [0, 0.05) is 5.02 Å². The van der Waals surface area contributed by atoms with Crippen LogP contribution in [0.1, 0.15) is 13.8 Å². The Balaban J connectivity index is 2.82. The lowest BCUT2D eigenvalue weighted by molar-refractivity contribution is -0.144. The van der Waals surface area contributed by atoms with E-state index in [1.54, 1.807) is 13.8 Å². The van der Waals surface area contributed by atoms with Crippen LogP contribution in [0.15, 0.2) is 29.2 Å². The zero-order valence-electron chi connectivity index (χ0n) is 9.51. The molecule has 0 spiro atoms. The van der Waals surface area contributed by atoms with Crippen LogP contribution in [0.25, 0.3) is 0 Å². The third-order valence-corrected chi connectivity index (χ3v) is 3.71. The predicted molar refractivity (Wildman–Crippen MR) is 64.7 cm³/mol. The molecule has 0 radical (unpaired) electrons. The Morgan fingerprint density at radius 3 is 2.29 bits per heavy atom. The standard InChI is InChI=1S/C11H13ClO4S/c1-8(2)16-11(13)7-17(14,15)10-5-3-9(12)4-6-10/h3-6,8H,7H2,1-2H3. The molecule has 1 aromatic carbocycles. The van der Waals surface area contributed by atoms with Crippen LogP contribution < -0.4 is 0 Å². The number of hydrogen-bond acceptors (Lipinski definition) is 4. The third-order valence-electron chi connectivity index (χ3n) is 1.85. The van der Waals surface area contributed by atoms with Crippen molar-refractivity contribution in [2.75, 3.05) is 5.75 Å². The second-order valence-electron chi connectivity index (χ2n) is 3.75. The van der Waals surface area contributed by atoms with Crippen molar-refractivity contribution in [1.82, 2.24) is 0 Å². The zero-order valence-corrected chi connectivity index (χ0v) is 11.1. The molecule has 6 heteroatoms. The molecule has 1 rings (SSSR count). The zero-order chi connectivity index (χ0) is 13.1. The lowest BCUT2D eigenvalue weighted by atomic mass is 10.4. The molecule has 94 valence electrons. The number of halogens is 1. The Hall–Kier alpha value is -1.07. The van der Waals surface area contributed by atoms with Crippen LogP contribution in [0.5, 0.6) is 0 Å². The summed E-state index contributed by atoms with van der Waals surface area (Å²) in [6.45, 7) is 3.32. The van der Waals surface area contributed by atoms with E-state index in [-0.39, 0.29) is 11.0 Å². The lowest BCUT2D eigenvalue weighted by Crippen LogP contribution is -2.21. The fraction of sp³-hybridized carbons (Fsp3) is 0.364. The molecule has 1 aromatic rings. The van der Waals surface area contributed by atoms with Crippen LogP contribution in [0.2, 0.25) is 5.02 Å². The summed E-state index contributed by atoms with van der Waals surface area (Å²) in [5.74, 6) is -1.41. The van der Waals surface area contributed by atoms with Crippen molar-refractivity contribution < 1.29 is 17.9 Å². The van der Waals surface area contributed by atoms with Gasteiger partial charge in [-0.15, -0.1) is 0 Å². The van der Waals surface area contributed by atoms with Gasteiger partial charge in [-0.1, -0.05) is 11.6 Å². The summed E-state index contributed by atoms with van der Waals surface area (Å²) in [6, 6.07) is 5.64. The van der Waals surface area contributed by atoms with Gasteiger partial charge in [-0.25, -0.2) is 8.42 Å². The maximum Gasteiger partial charge on any atom is 0.321 e. The molecule has 0 amide bonds. The van der Waals surface area contributed by atoms with E-state index < -0.39 is 21.6 Å². The van der Waals surface area contributed by atoms with E-state index in [2.05, 4.69) is 0 Å². The first-order valence-electron chi connectivity index (χ1n) is 4.99. The number of rotatable bonds is 4. The molecule has 0 unspecified atom stereocenters. The highest BCUT2D eigenvalue weighted by Crippen LogP contribution is 2.15. The molecule has 17 heavy (non-hydrogen) atoms. The first-order valence-corrected chi connectivity index (χ1v) is 7.02. The summed E-state index contributed by atoms with van der Waals surface area (Å²) in [4.78, 5) is 11.3. The van der Waals surface area contributed by atoms with Gasteiger partial charge in [0.05, 0.1) is 11.0 Å². The SMILES string of the molecule is CC(C)OC(=O)CS(=O)(=O)c1ccc(Cl)cc1. The molecule has 4 nitrogen and oxygen atoms in total. The summed E-state index contributed by atoms with van der Waals surface area (Å²) >= 11 is 5.65. The van der Waals surface area contributed by atoms with Crippen molar-refractivity contribution in [2.45, 2.75) is 24.8 Å². The fourth-order valence-electron chi connectivity index (χ4n) is 1.18. The molecule has 0 saturated heterocycles. The molecule has 0 aliphatic carbocycles. The highest BCUT2D eigenvalue weighted by atomic mass is 35.5. The fourth-order valence-corrected chi connectivity index (χ4v) is 2.40. The molecule has 0 bridgehead atoms. The molecule has 0 saturated carbocycles. The average molecular weight is 277 g/mol. The Labute approximate surface area is 105 Å². The third kappa shape index (κ3) is 4.36. The highest BCUT2D eigenvalue weighted by molar-refractivity contribution is 7.92. The van der Waals surface area contributed by atoms with Crippen molar-refractivity contribution in [3.05, 3.63) is 29.3 Å². The minimum atomic E-state index is -3.66. The first kappa shape index (κ1) is 14.0. The van der Waals surface area contributed by atoms with Gasteiger partial charge in [0.2, 0.25) is 0 Å². The van der Waals surface area contributed by atoms with Gasteiger partial charge in [-0.3, -0.25) is 4.79 Å². The molecular weight excluding hydrogens is 264 g/mol. The number of hydrogen-bond donors (Lipinski definition) is 0. The summed E-state index contributed by atoms with van der Waals surface area (Å²) in [5, 5.41) is 0.439. The number of esters is 1. The Morgan fingerprint density at radius 2 is 1.82 bits per heavy atom. The van der Waals surface area contributed by atoms with Crippen LogP contribution in [0, 0.1) is 0 Å². The van der Waals surface area contributed by atoms with E-state index in [1.807, 2.05) is 0 Å². The van der Waals surface area contributed by atoms with Crippen molar-refractivity contribution in [1.29, 1.82) is 0 Å². The molecule has 0 atom stereocenters. The van der Waals surface area contributed by atoms with E-state index in [0.717, 1.165) is 0 Å². The summed E-state index contributed by atoms with van der Waals surface area (Å²) in [5.41, 5.74) is 0. The largest absolute Gasteiger partial charge is 0.462 e. The molecular formula is C11H13ClO4S. The number of ether oxygens (including phenoxy) is 1. The Bertz CT molecular complexity index is 491. The topological polar surface area (TPSA) is 60.4 Å². The van der Waals surface area contributed by atoms with Gasteiger partial charge in [0.15, 0.2) is 15.6 Å². The minimum Gasteiger partial charge on any atom is -0.462 e. The van der Waals surface area contributed by atoms with Gasteiger partial charge in [-0.05, 0) is 38.1 Å². The normalized spacial score (nSPS) is 11.5. The van der Waals surface area contributed by atoms with Gasteiger partial charge in [-0.2, -0.15) is 0 Å². The second-order valence-corrected chi connectivity index (χ2v) is 6.18. The van der Waals surface area contributed by atoms with E-state index in [0.29, 0.717) is 5.02 Å². The quantitative estimate of drug-likeness (QED) is 0.790. The Kier molecular flexibility index (Phi) is 4.54. The number of carbonyl (C=O) groups excluding carboxylic acids is 1. The number of benzene rings is 1. The molecule has 0 aromatic heterocycles. The van der Waals surface area contributed by atoms with Crippen LogP contribution in [-0.4, -0.2) is 26.2 Å². The highest BCUT2D eigenvalue weighted by Gasteiger charge is 2.20. The molecule has 0 aliphatic rings. The minimum absolute atomic E-state index is 0.0580. The van der Waals surface area contributed by atoms with E-state index in [4.69, 9.17) is 16.3 Å². The van der Waals surface area contributed by atoms with Crippen LogP contribution >= 0.6 is 11.6 Å². The number of sulfone groups is 1. The molecule has 0 aliphatic heterocycles. The van der Waals surface area contributed by atoms with Crippen molar-refractivity contribution >= 4 is 27.4 Å². The van der Waals surface area contributed by atoms with Crippen LogP contribution in [-0.2, 0) is 19.4 Å². The monoisotopic (exact) mass is 276 g/mol. The van der Waals surface area contributed by atoms with Gasteiger partial charge >= 0.3 is 5.97 Å². The maximum absolute atomic E-state index is 11.8. The van der Waals surface area contributed by atoms with Gasteiger partial charge in [0.25, 0.3) is 0 Å². The molecule has 0 N–H and O–H groups in total. The van der Waals surface area contributed by atoms with Crippen LogP contribution in [0.3, 0.4) is 0 Å². The Morgan fingerprint density at radius 1 is 1.29 bits per heavy atom. The average Bonchev–Trinajstić information content (AvgIpc) is 2.15. The molecule has 0 fully saturated rings. The van der Waals surface area contributed by atoms with Crippen LogP contribution in [0.4, 0.5) is 0 Å². The van der Waals surface area contributed by atoms with Crippen molar-refractivity contribution in [2.24, 2.45) is 0 Å². The summed E-state index contributed by atoms with van der Waals surface area (Å²) in [7, 11) is -3.66. The van der Waals surface area contributed by atoms with Crippen molar-refractivity contribution in [3.63, 3.8) is 0 Å².